The van der Waals surface area contributed by atoms with E-state index in [1.54, 1.807) is 29.0 Å². The summed E-state index contributed by atoms with van der Waals surface area (Å²) in [5.74, 6) is -3.62. The first-order valence-corrected chi connectivity index (χ1v) is 8.61. The Bertz CT molecular complexity index is 930. The van der Waals surface area contributed by atoms with Gasteiger partial charge in [0.1, 0.15) is 11.6 Å². The molecule has 0 aliphatic rings. The monoisotopic (exact) mass is 372 g/mol. The zero-order valence-electron chi connectivity index (χ0n) is 13.4. The smallest absolute Gasteiger partial charge is 0.175 e. The van der Waals surface area contributed by atoms with Crippen molar-refractivity contribution in [2.45, 2.75) is 6.10 Å². The van der Waals surface area contributed by atoms with Crippen LogP contribution in [0.2, 0.25) is 0 Å². The van der Waals surface area contributed by atoms with E-state index in [0.717, 1.165) is 12.1 Å². The zero-order chi connectivity index (χ0) is 18.7. The van der Waals surface area contributed by atoms with E-state index < -0.39 is 35.2 Å². The first-order valence-electron chi connectivity index (χ1n) is 7.67. The van der Waals surface area contributed by atoms with E-state index in [-0.39, 0.29) is 5.56 Å². The predicted molar refractivity (Wildman–Crippen MR) is 94.5 cm³/mol. The molecule has 0 aliphatic heterocycles. The SMILES string of the molecule is N=C(c1ccc(F)cc1F)C(C(=O)c1ccsc1)C(O)c1cccnc1. The summed E-state index contributed by atoms with van der Waals surface area (Å²) < 4.78 is 27.3. The second-order valence-electron chi connectivity index (χ2n) is 5.62. The second kappa shape index (κ2) is 7.63. The van der Waals surface area contributed by atoms with Crippen LogP contribution in [0.15, 0.2) is 59.6 Å². The molecular formula is C19H14F2N2O2S. The third kappa shape index (κ3) is 3.58. The Morgan fingerprint density at radius 3 is 2.65 bits per heavy atom. The second-order valence-corrected chi connectivity index (χ2v) is 6.40. The van der Waals surface area contributed by atoms with Crippen LogP contribution in [-0.4, -0.2) is 21.6 Å². The lowest BCUT2D eigenvalue weighted by atomic mass is 9.83. The van der Waals surface area contributed by atoms with E-state index in [1.165, 1.54) is 23.7 Å². The number of rotatable bonds is 6. The van der Waals surface area contributed by atoms with Gasteiger partial charge in [-0.1, -0.05) is 6.07 Å². The molecule has 0 spiro atoms. The molecule has 0 amide bonds. The molecule has 7 heteroatoms. The van der Waals surface area contributed by atoms with E-state index >= 15 is 0 Å². The number of aromatic nitrogens is 1. The molecule has 0 saturated carbocycles. The summed E-state index contributed by atoms with van der Waals surface area (Å²) >= 11 is 1.30. The van der Waals surface area contributed by atoms with Crippen LogP contribution in [0.5, 0.6) is 0 Å². The van der Waals surface area contributed by atoms with Crippen LogP contribution in [0, 0.1) is 23.0 Å². The van der Waals surface area contributed by atoms with Gasteiger partial charge in [-0.15, -0.1) is 0 Å². The van der Waals surface area contributed by atoms with Gasteiger partial charge in [0.05, 0.1) is 17.7 Å². The van der Waals surface area contributed by atoms with E-state index in [4.69, 9.17) is 5.41 Å². The Balaban J connectivity index is 2.05. The van der Waals surface area contributed by atoms with Crippen molar-refractivity contribution >= 4 is 22.8 Å². The highest BCUT2D eigenvalue weighted by molar-refractivity contribution is 7.08. The Labute approximate surface area is 152 Å². The number of aliphatic hydroxyl groups excluding tert-OH is 1. The van der Waals surface area contributed by atoms with Gasteiger partial charge in [0, 0.05) is 35.0 Å². The number of hydrogen-bond donors (Lipinski definition) is 2. The van der Waals surface area contributed by atoms with Crippen molar-refractivity contribution in [3.8, 4) is 0 Å². The molecule has 2 N–H and O–H groups in total. The minimum Gasteiger partial charge on any atom is -0.387 e. The van der Waals surface area contributed by atoms with E-state index in [9.17, 15) is 18.7 Å². The van der Waals surface area contributed by atoms with Crippen molar-refractivity contribution in [1.29, 1.82) is 5.41 Å². The van der Waals surface area contributed by atoms with Gasteiger partial charge < -0.3 is 10.5 Å². The van der Waals surface area contributed by atoms with Crippen molar-refractivity contribution in [2.75, 3.05) is 0 Å². The van der Waals surface area contributed by atoms with E-state index in [1.807, 2.05) is 0 Å². The van der Waals surface area contributed by atoms with Gasteiger partial charge in [0.2, 0.25) is 0 Å². The number of nitrogens with zero attached hydrogens (tertiary/aromatic N) is 1. The highest BCUT2D eigenvalue weighted by Gasteiger charge is 2.34. The highest BCUT2D eigenvalue weighted by atomic mass is 32.1. The van der Waals surface area contributed by atoms with Crippen LogP contribution in [0.25, 0.3) is 0 Å². The van der Waals surface area contributed by atoms with Gasteiger partial charge in [0.25, 0.3) is 0 Å². The maximum absolute atomic E-state index is 14.1. The van der Waals surface area contributed by atoms with Gasteiger partial charge in [-0.2, -0.15) is 11.3 Å². The molecular weight excluding hydrogens is 358 g/mol. The summed E-state index contributed by atoms with van der Waals surface area (Å²) in [5.41, 5.74) is -0.0125. The van der Waals surface area contributed by atoms with Gasteiger partial charge in [-0.25, -0.2) is 8.78 Å². The number of aliphatic hydroxyl groups is 1. The topological polar surface area (TPSA) is 74.0 Å². The molecule has 0 bridgehead atoms. The summed E-state index contributed by atoms with van der Waals surface area (Å²) in [4.78, 5) is 16.8. The third-order valence-electron chi connectivity index (χ3n) is 3.96. The van der Waals surface area contributed by atoms with Crippen molar-refractivity contribution in [3.05, 3.63) is 87.9 Å². The molecule has 2 aromatic heterocycles. The number of pyridine rings is 1. The summed E-state index contributed by atoms with van der Waals surface area (Å²) in [6.45, 7) is 0. The van der Waals surface area contributed by atoms with Crippen LogP contribution >= 0.6 is 11.3 Å². The number of Topliss-reactive ketones (excluding diaryl/α,β-unsaturated/α-hetero) is 1. The molecule has 26 heavy (non-hydrogen) atoms. The Hall–Kier alpha value is -2.77. The standard InChI is InChI=1S/C19H14F2N2O2S/c20-13-3-4-14(15(21)8-13)17(22)16(19(25)12-5-7-26-10-12)18(24)11-2-1-6-23-9-11/h1-10,16,18,22,24H. The molecule has 0 aliphatic carbocycles. The van der Waals surface area contributed by atoms with Crippen molar-refractivity contribution in [2.24, 2.45) is 5.92 Å². The normalized spacial score (nSPS) is 13.2. The molecule has 2 unspecified atom stereocenters. The fourth-order valence-corrected chi connectivity index (χ4v) is 3.28. The first-order chi connectivity index (χ1) is 12.5. The van der Waals surface area contributed by atoms with Crippen molar-refractivity contribution in [3.63, 3.8) is 0 Å². The zero-order valence-corrected chi connectivity index (χ0v) is 14.2. The Morgan fingerprint density at radius 1 is 1.23 bits per heavy atom. The minimum absolute atomic E-state index is 0.233. The number of hydrogen-bond acceptors (Lipinski definition) is 5. The molecule has 2 heterocycles. The number of nitrogens with one attached hydrogen (secondary N) is 1. The fraction of sp³-hybridized carbons (Fsp3) is 0.105. The highest BCUT2D eigenvalue weighted by Crippen LogP contribution is 2.29. The Kier molecular flexibility index (Phi) is 5.29. The predicted octanol–water partition coefficient (Wildman–Crippen LogP) is 4.02. The fourth-order valence-electron chi connectivity index (χ4n) is 2.64. The van der Waals surface area contributed by atoms with Crippen LogP contribution in [0.3, 0.4) is 0 Å². The quantitative estimate of drug-likeness (QED) is 0.507. The maximum atomic E-state index is 14.1. The molecule has 3 rings (SSSR count). The molecule has 0 radical (unpaired) electrons. The van der Waals surface area contributed by atoms with E-state index in [0.29, 0.717) is 17.2 Å². The van der Waals surface area contributed by atoms with Gasteiger partial charge in [0.15, 0.2) is 5.78 Å². The number of thiophene rings is 1. The van der Waals surface area contributed by atoms with Crippen LogP contribution in [0.4, 0.5) is 8.78 Å². The number of ketones is 1. The van der Waals surface area contributed by atoms with Gasteiger partial charge >= 0.3 is 0 Å². The van der Waals surface area contributed by atoms with Gasteiger partial charge in [-0.05, 0) is 35.2 Å². The lowest BCUT2D eigenvalue weighted by Gasteiger charge is -2.23. The summed E-state index contributed by atoms with van der Waals surface area (Å²) in [5, 5.41) is 22.4. The van der Waals surface area contributed by atoms with E-state index in [2.05, 4.69) is 4.98 Å². The molecule has 0 saturated heterocycles. The number of carbonyl (C=O) groups is 1. The molecule has 2 atom stereocenters. The summed E-state index contributed by atoms with van der Waals surface area (Å²) in [6, 6.07) is 7.48. The number of carbonyl (C=O) groups excluding carboxylic acids is 1. The molecule has 0 fully saturated rings. The van der Waals surface area contributed by atoms with Crippen LogP contribution in [0.1, 0.15) is 27.6 Å². The van der Waals surface area contributed by atoms with Crippen molar-refractivity contribution in [1.82, 2.24) is 4.98 Å². The van der Waals surface area contributed by atoms with Crippen LogP contribution < -0.4 is 0 Å². The lowest BCUT2D eigenvalue weighted by Crippen LogP contribution is -2.31. The average Bonchev–Trinajstić information content (AvgIpc) is 3.17. The number of halogens is 2. The average molecular weight is 372 g/mol. The van der Waals surface area contributed by atoms with Crippen molar-refractivity contribution < 1.29 is 18.7 Å². The van der Waals surface area contributed by atoms with Gasteiger partial charge in [-0.3, -0.25) is 9.78 Å². The largest absolute Gasteiger partial charge is 0.387 e. The third-order valence-corrected chi connectivity index (χ3v) is 4.65. The summed E-state index contributed by atoms with van der Waals surface area (Å²) in [6.07, 6.45) is 1.50. The molecule has 3 aromatic rings. The van der Waals surface area contributed by atoms with Crippen LogP contribution in [-0.2, 0) is 0 Å². The molecule has 1 aromatic carbocycles. The molecule has 132 valence electrons. The Morgan fingerprint density at radius 2 is 2.04 bits per heavy atom. The first kappa shape index (κ1) is 18.0. The minimum atomic E-state index is -1.40. The molecule has 4 nitrogen and oxygen atoms in total. The number of benzene rings is 1. The maximum Gasteiger partial charge on any atom is 0.175 e. The summed E-state index contributed by atoms with van der Waals surface area (Å²) in [7, 11) is 0. The lowest BCUT2D eigenvalue weighted by molar-refractivity contribution is 0.0793.